The van der Waals surface area contributed by atoms with Crippen LogP contribution in [0.3, 0.4) is 0 Å². The third kappa shape index (κ3) is 1.91. The van der Waals surface area contributed by atoms with E-state index in [-0.39, 0.29) is 11.0 Å². The number of nitrogens with zero attached hydrogens (tertiary/aromatic N) is 2. The molecule has 0 radical (unpaired) electrons. The fourth-order valence-corrected chi connectivity index (χ4v) is 2.44. The predicted octanol–water partition coefficient (Wildman–Crippen LogP) is 2.90. The summed E-state index contributed by atoms with van der Waals surface area (Å²) in [6.45, 7) is 6.87. The first-order valence-electron chi connectivity index (χ1n) is 6.13. The molecule has 0 saturated heterocycles. The number of pyridine rings is 1. The number of rotatable bonds is 2. The second-order valence-electron chi connectivity index (χ2n) is 4.66. The molecule has 3 nitrogen and oxygen atoms in total. The largest absolute Gasteiger partial charge is 0.346 e. The first-order chi connectivity index (χ1) is 8.58. The van der Waals surface area contributed by atoms with E-state index in [0.717, 1.165) is 29.6 Å². The third-order valence-corrected chi connectivity index (χ3v) is 3.09. The zero-order valence-electron chi connectivity index (χ0n) is 10.9. The molecule has 18 heavy (non-hydrogen) atoms. The topological polar surface area (TPSA) is 45.8 Å². The maximum absolute atomic E-state index is 12.2. The van der Waals surface area contributed by atoms with Gasteiger partial charge in [-0.25, -0.2) is 0 Å². The second kappa shape index (κ2) is 4.66. The maximum Gasteiger partial charge on any atom is 0.207 e. The summed E-state index contributed by atoms with van der Waals surface area (Å²) < 4.78 is 2.02. The van der Waals surface area contributed by atoms with Crippen molar-refractivity contribution < 1.29 is 0 Å². The average Bonchev–Trinajstić information content (AvgIpc) is 2.32. The van der Waals surface area contributed by atoms with Gasteiger partial charge in [-0.1, -0.05) is 13.0 Å². The number of fused-ring (bicyclic) bond motifs is 1. The summed E-state index contributed by atoms with van der Waals surface area (Å²) >= 11 is 0. The van der Waals surface area contributed by atoms with Crippen molar-refractivity contribution in [2.75, 3.05) is 0 Å². The van der Waals surface area contributed by atoms with Crippen molar-refractivity contribution in [2.24, 2.45) is 0 Å². The van der Waals surface area contributed by atoms with E-state index >= 15 is 0 Å². The lowest BCUT2D eigenvalue weighted by Gasteiger charge is -2.13. The Morgan fingerprint density at radius 2 is 2.06 bits per heavy atom. The molecule has 0 bridgehead atoms. The summed E-state index contributed by atoms with van der Waals surface area (Å²) in [7, 11) is 0. The van der Waals surface area contributed by atoms with E-state index in [1.165, 1.54) is 0 Å². The molecular formula is C15H16N2O. The Labute approximate surface area is 106 Å². The van der Waals surface area contributed by atoms with Crippen molar-refractivity contribution in [1.82, 2.24) is 4.57 Å². The van der Waals surface area contributed by atoms with Crippen LogP contribution in [0.15, 0.2) is 23.1 Å². The lowest BCUT2D eigenvalue weighted by Crippen LogP contribution is -2.14. The van der Waals surface area contributed by atoms with Gasteiger partial charge in [0.1, 0.15) is 11.6 Å². The molecule has 0 amide bonds. The highest BCUT2D eigenvalue weighted by molar-refractivity contribution is 5.84. The SMILES string of the molecule is CCCn1cc(C#N)c(=O)c2cc(C)cc(C)c21. The minimum Gasteiger partial charge on any atom is -0.346 e. The highest BCUT2D eigenvalue weighted by Crippen LogP contribution is 2.19. The summed E-state index contributed by atoms with van der Waals surface area (Å²) in [5, 5.41) is 9.70. The van der Waals surface area contributed by atoms with E-state index in [1.54, 1.807) is 6.20 Å². The van der Waals surface area contributed by atoms with E-state index < -0.39 is 0 Å². The molecule has 0 unspecified atom stereocenters. The molecule has 3 heteroatoms. The molecule has 2 aromatic rings. The number of benzene rings is 1. The van der Waals surface area contributed by atoms with E-state index in [0.29, 0.717) is 5.39 Å². The minimum absolute atomic E-state index is 0.161. The Kier molecular flexibility index (Phi) is 3.20. The van der Waals surface area contributed by atoms with Gasteiger partial charge in [0.2, 0.25) is 5.43 Å². The number of aryl methyl sites for hydroxylation is 3. The summed E-state index contributed by atoms with van der Waals surface area (Å²) in [4.78, 5) is 12.2. The summed E-state index contributed by atoms with van der Waals surface area (Å²) in [5.74, 6) is 0. The van der Waals surface area contributed by atoms with Crippen LogP contribution in [0, 0.1) is 25.2 Å². The van der Waals surface area contributed by atoms with Crippen molar-refractivity contribution >= 4 is 10.9 Å². The van der Waals surface area contributed by atoms with Gasteiger partial charge >= 0.3 is 0 Å². The fourth-order valence-electron chi connectivity index (χ4n) is 2.44. The molecule has 1 aromatic carbocycles. The Morgan fingerprint density at radius 1 is 1.33 bits per heavy atom. The Balaban J connectivity index is 2.97. The molecule has 0 fully saturated rings. The predicted molar refractivity (Wildman–Crippen MR) is 72.7 cm³/mol. The molecule has 0 N–H and O–H groups in total. The van der Waals surface area contributed by atoms with Gasteiger partial charge in [0.05, 0.1) is 5.52 Å². The number of hydrogen-bond donors (Lipinski definition) is 0. The molecule has 1 heterocycles. The molecule has 0 atom stereocenters. The van der Waals surface area contributed by atoms with Gasteiger partial charge in [0.25, 0.3) is 0 Å². The van der Waals surface area contributed by atoms with E-state index in [2.05, 4.69) is 13.0 Å². The first kappa shape index (κ1) is 12.4. The van der Waals surface area contributed by atoms with E-state index in [4.69, 9.17) is 5.26 Å². The highest BCUT2D eigenvalue weighted by Gasteiger charge is 2.10. The molecule has 0 aliphatic rings. The molecule has 0 aliphatic carbocycles. The van der Waals surface area contributed by atoms with Gasteiger partial charge in [0.15, 0.2) is 0 Å². The molecule has 0 aliphatic heterocycles. The summed E-state index contributed by atoms with van der Waals surface area (Å²) in [6, 6.07) is 5.93. The zero-order chi connectivity index (χ0) is 13.3. The Bertz CT molecular complexity index is 705. The van der Waals surface area contributed by atoms with Crippen LogP contribution in [0.25, 0.3) is 10.9 Å². The van der Waals surface area contributed by atoms with Crippen LogP contribution in [-0.2, 0) is 6.54 Å². The lowest BCUT2D eigenvalue weighted by molar-refractivity contribution is 0.695. The van der Waals surface area contributed by atoms with Crippen LogP contribution in [0.4, 0.5) is 0 Å². The number of hydrogen-bond acceptors (Lipinski definition) is 2. The molecule has 0 spiro atoms. The zero-order valence-corrected chi connectivity index (χ0v) is 10.9. The van der Waals surface area contributed by atoms with Gasteiger partial charge in [-0.2, -0.15) is 5.26 Å². The Hall–Kier alpha value is -2.08. The van der Waals surface area contributed by atoms with Crippen LogP contribution >= 0.6 is 0 Å². The summed E-state index contributed by atoms with van der Waals surface area (Å²) in [6.07, 6.45) is 2.65. The quantitative estimate of drug-likeness (QED) is 0.810. The second-order valence-corrected chi connectivity index (χ2v) is 4.66. The lowest BCUT2D eigenvalue weighted by atomic mass is 10.0. The minimum atomic E-state index is -0.161. The monoisotopic (exact) mass is 240 g/mol. The van der Waals surface area contributed by atoms with Crippen LogP contribution in [-0.4, -0.2) is 4.57 Å². The van der Waals surface area contributed by atoms with Crippen LogP contribution in [0.1, 0.15) is 30.0 Å². The average molecular weight is 240 g/mol. The van der Waals surface area contributed by atoms with Crippen LogP contribution in [0.2, 0.25) is 0 Å². The Morgan fingerprint density at radius 3 is 2.67 bits per heavy atom. The third-order valence-electron chi connectivity index (χ3n) is 3.09. The molecular weight excluding hydrogens is 224 g/mol. The smallest absolute Gasteiger partial charge is 0.207 e. The maximum atomic E-state index is 12.2. The van der Waals surface area contributed by atoms with E-state index in [1.807, 2.05) is 30.6 Å². The highest BCUT2D eigenvalue weighted by atomic mass is 16.1. The molecule has 92 valence electrons. The fraction of sp³-hybridized carbons (Fsp3) is 0.333. The van der Waals surface area contributed by atoms with Gasteiger partial charge < -0.3 is 4.57 Å². The normalized spacial score (nSPS) is 10.6. The van der Waals surface area contributed by atoms with E-state index in [9.17, 15) is 4.79 Å². The standard InChI is InChI=1S/C15H16N2O/c1-4-5-17-9-12(8-16)15(18)13-7-10(2)6-11(3)14(13)17/h6-7,9H,4-5H2,1-3H3. The first-order valence-corrected chi connectivity index (χ1v) is 6.13. The number of aromatic nitrogens is 1. The van der Waals surface area contributed by atoms with Crippen molar-refractivity contribution in [3.8, 4) is 6.07 Å². The van der Waals surface area contributed by atoms with Gasteiger partial charge in [0, 0.05) is 18.1 Å². The molecule has 0 saturated carbocycles. The van der Waals surface area contributed by atoms with Crippen molar-refractivity contribution in [3.05, 3.63) is 45.2 Å². The van der Waals surface area contributed by atoms with Crippen molar-refractivity contribution in [3.63, 3.8) is 0 Å². The summed E-state index contributed by atoms with van der Waals surface area (Å²) in [5.41, 5.74) is 3.15. The molecule has 2 rings (SSSR count). The molecule has 1 aromatic heterocycles. The van der Waals surface area contributed by atoms with Crippen molar-refractivity contribution in [1.29, 1.82) is 5.26 Å². The van der Waals surface area contributed by atoms with Gasteiger partial charge in [-0.05, 0) is 37.5 Å². The van der Waals surface area contributed by atoms with Gasteiger partial charge in [-0.3, -0.25) is 4.79 Å². The van der Waals surface area contributed by atoms with Crippen LogP contribution in [0.5, 0.6) is 0 Å². The van der Waals surface area contributed by atoms with Crippen molar-refractivity contribution in [2.45, 2.75) is 33.7 Å². The van der Waals surface area contributed by atoms with Crippen LogP contribution < -0.4 is 5.43 Å². The number of nitriles is 1. The van der Waals surface area contributed by atoms with Gasteiger partial charge in [-0.15, -0.1) is 0 Å².